The molecule has 4 heteroatoms. The molecule has 0 atom stereocenters. The average molecular weight is 268 g/mol. The highest BCUT2D eigenvalue weighted by atomic mass is 16.4. The zero-order valence-electron chi connectivity index (χ0n) is 11.0. The Bertz CT molecular complexity index is 580. The van der Waals surface area contributed by atoms with Crippen molar-refractivity contribution in [3.05, 3.63) is 66.2 Å². The number of carboxylic acids is 1. The Hall–Kier alpha value is -2.62. The van der Waals surface area contributed by atoms with Crippen LogP contribution in [0.3, 0.4) is 0 Å². The van der Waals surface area contributed by atoms with E-state index in [1.54, 1.807) is 0 Å². The molecule has 0 aliphatic carbocycles. The Labute approximate surface area is 117 Å². The quantitative estimate of drug-likeness (QED) is 0.623. The molecule has 0 aromatic heterocycles. The van der Waals surface area contributed by atoms with Gasteiger partial charge in [0.05, 0.1) is 17.8 Å². The van der Waals surface area contributed by atoms with Gasteiger partial charge in [-0.25, -0.2) is 0 Å². The molecule has 0 spiro atoms. The molecule has 2 aromatic rings. The van der Waals surface area contributed by atoms with Gasteiger partial charge in [-0.05, 0) is 17.7 Å². The first-order valence-electron chi connectivity index (χ1n) is 6.40. The maximum atomic E-state index is 10.7. The van der Waals surface area contributed by atoms with E-state index in [4.69, 9.17) is 5.11 Å². The predicted octanol–water partition coefficient (Wildman–Crippen LogP) is 3.37. The van der Waals surface area contributed by atoms with Crippen molar-refractivity contribution < 1.29 is 9.90 Å². The van der Waals surface area contributed by atoms with Crippen LogP contribution in [0.25, 0.3) is 0 Å². The van der Waals surface area contributed by atoms with Gasteiger partial charge < -0.3 is 5.11 Å². The van der Waals surface area contributed by atoms with Crippen LogP contribution in [0.1, 0.15) is 18.4 Å². The van der Waals surface area contributed by atoms with Gasteiger partial charge in [0.15, 0.2) is 0 Å². The SMILES string of the molecule is O=C(O)CC/C(=N\Nc1ccccc1)c1ccccc1. The number of hydrogen-bond donors (Lipinski definition) is 2. The number of hydrazone groups is 1. The van der Waals surface area contributed by atoms with Crippen molar-refractivity contribution in [2.75, 3.05) is 5.43 Å². The summed E-state index contributed by atoms with van der Waals surface area (Å²) in [5, 5.41) is 13.2. The first-order chi connectivity index (χ1) is 9.75. The zero-order valence-corrected chi connectivity index (χ0v) is 11.0. The second-order valence-corrected chi connectivity index (χ2v) is 4.30. The van der Waals surface area contributed by atoms with Crippen molar-refractivity contribution in [3.8, 4) is 0 Å². The number of rotatable bonds is 6. The van der Waals surface area contributed by atoms with E-state index >= 15 is 0 Å². The molecule has 2 rings (SSSR count). The fourth-order valence-electron chi connectivity index (χ4n) is 1.77. The van der Waals surface area contributed by atoms with Crippen LogP contribution < -0.4 is 5.43 Å². The summed E-state index contributed by atoms with van der Waals surface area (Å²) in [6.07, 6.45) is 0.448. The van der Waals surface area contributed by atoms with Crippen molar-refractivity contribution >= 4 is 17.4 Å². The van der Waals surface area contributed by atoms with Crippen LogP contribution in [0.5, 0.6) is 0 Å². The Morgan fingerprint density at radius 1 is 0.950 bits per heavy atom. The van der Waals surface area contributed by atoms with E-state index in [2.05, 4.69) is 10.5 Å². The molecule has 0 unspecified atom stereocenters. The van der Waals surface area contributed by atoms with Crippen LogP contribution in [-0.4, -0.2) is 16.8 Å². The molecule has 0 saturated carbocycles. The fourth-order valence-corrected chi connectivity index (χ4v) is 1.77. The number of carbonyl (C=O) groups is 1. The highest BCUT2D eigenvalue weighted by Gasteiger charge is 2.06. The number of aliphatic carboxylic acids is 1. The second-order valence-electron chi connectivity index (χ2n) is 4.30. The molecule has 4 nitrogen and oxygen atoms in total. The van der Waals surface area contributed by atoms with E-state index in [-0.39, 0.29) is 6.42 Å². The van der Waals surface area contributed by atoms with E-state index < -0.39 is 5.97 Å². The number of carboxylic acid groups (broad SMARTS) is 1. The lowest BCUT2D eigenvalue weighted by Gasteiger charge is -2.07. The molecule has 0 heterocycles. The van der Waals surface area contributed by atoms with Gasteiger partial charge >= 0.3 is 5.97 Å². The monoisotopic (exact) mass is 268 g/mol. The minimum absolute atomic E-state index is 0.0597. The third kappa shape index (κ3) is 4.24. The molecule has 0 saturated heterocycles. The van der Waals surface area contributed by atoms with Gasteiger partial charge in [-0.1, -0.05) is 48.5 Å². The van der Waals surface area contributed by atoms with Gasteiger partial charge in [0.2, 0.25) is 0 Å². The van der Waals surface area contributed by atoms with Gasteiger partial charge in [-0.15, -0.1) is 0 Å². The topological polar surface area (TPSA) is 61.7 Å². The number of nitrogens with zero attached hydrogens (tertiary/aromatic N) is 1. The first-order valence-corrected chi connectivity index (χ1v) is 6.40. The number of hydrogen-bond acceptors (Lipinski definition) is 3. The van der Waals surface area contributed by atoms with Crippen molar-refractivity contribution in [2.24, 2.45) is 5.10 Å². The molecular formula is C16H16N2O2. The van der Waals surface area contributed by atoms with Crippen LogP contribution >= 0.6 is 0 Å². The molecule has 20 heavy (non-hydrogen) atoms. The smallest absolute Gasteiger partial charge is 0.303 e. The van der Waals surface area contributed by atoms with Gasteiger partial charge in [0.1, 0.15) is 0 Å². The maximum Gasteiger partial charge on any atom is 0.303 e. The van der Waals surface area contributed by atoms with Crippen LogP contribution in [0.2, 0.25) is 0 Å². The Kier molecular flexibility index (Phi) is 4.89. The minimum Gasteiger partial charge on any atom is -0.481 e. The Morgan fingerprint density at radius 3 is 2.15 bits per heavy atom. The highest BCUT2D eigenvalue weighted by molar-refractivity contribution is 6.02. The summed E-state index contributed by atoms with van der Waals surface area (Å²) in [5.74, 6) is -0.826. The summed E-state index contributed by atoms with van der Waals surface area (Å²) in [5.41, 5.74) is 5.49. The average Bonchev–Trinajstić information content (AvgIpc) is 2.49. The van der Waals surface area contributed by atoms with E-state index in [9.17, 15) is 4.79 Å². The summed E-state index contributed by atoms with van der Waals surface area (Å²) >= 11 is 0. The Morgan fingerprint density at radius 2 is 1.55 bits per heavy atom. The molecule has 102 valence electrons. The van der Waals surface area contributed by atoms with E-state index in [1.807, 2.05) is 60.7 Å². The summed E-state index contributed by atoms with van der Waals surface area (Å²) in [7, 11) is 0. The molecule has 2 N–H and O–H groups in total. The number of anilines is 1. The van der Waals surface area contributed by atoms with E-state index in [1.165, 1.54) is 0 Å². The lowest BCUT2D eigenvalue weighted by atomic mass is 10.1. The highest BCUT2D eigenvalue weighted by Crippen LogP contribution is 2.10. The van der Waals surface area contributed by atoms with Crippen molar-refractivity contribution in [2.45, 2.75) is 12.8 Å². The van der Waals surface area contributed by atoms with Crippen molar-refractivity contribution in [3.63, 3.8) is 0 Å². The normalized spacial score (nSPS) is 11.1. The minimum atomic E-state index is -0.826. The van der Waals surface area contributed by atoms with E-state index in [0.717, 1.165) is 17.0 Å². The van der Waals surface area contributed by atoms with Gasteiger partial charge in [0, 0.05) is 6.42 Å². The first kappa shape index (κ1) is 13.8. The molecule has 0 amide bonds. The van der Waals surface area contributed by atoms with E-state index in [0.29, 0.717) is 6.42 Å². The van der Waals surface area contributed by atoms with Gasteiger partial charge in [-0.2, -0.15) is 5.10 Å². The van der Waals surface area contributed by atoms with Gasteiger partial charge in [0.25, 0.3) is 0 Å². The molecule has 0 radical (unpaired) electrons. The summed E-state index contributed by atoms with van der Waals surface area (Å²) < 4.78 is 0. The molecule has 2 aromatic carbocycles. The molecule has 0 bridgehead atoms. The van der Waals surface area contributed by atoms with Crippen LogP contribution in [0, 0.1) is 0 Å². The van der Waals surface area contributed by atoms with Crippen LogP contribution in [0.4, 0.5) is 5.69 Å². The van der Waals surface area contributed by atoms with Crippen molar-refractivity contribution in [1.82, 2.24) is 0 Å². The Balaban J connectivity index is 2.15. The maximum absolute atomic E-state index is 10.7. The predicted molar refractivity (Wildman–Crippen MR) is 79.9 cm³/mol. The standard InChI is InChI=1S/C16H16N2O2/c19-16(20)12-11-15(13-7-3-1-4-8-13)18-17-14-9-5-2-6-10-14/h1-10,17H,11-12H2,(H,19,20)/b18-15+. The summed E-state index contributed by atoms with van der Waals surface area (Å²) in [6.45, 7) is 0. The lowest BCUT2D eigenvalue weighted by Crippen LogP contribution is -2.07. The second kappa shape index (κ2) is 7.09. The molecule has 0 aliphatic heterocycles. The van der Waals surface area contributed by atoms with Crippen molar-refractivity contribution in [1.29, 1.82) is 0 Å². The molecular weight excluding hydrogens is 252 g/mol. The zero-order chi connectivity index (χ0) is 14.2. The number of benzene rings is 2. The number of para-hydroxylation sites is 1. The third-order valence-electron chi connectivity index (χ3n) is 2.78. The summed E-state index contributed by atoms with van der Waals surface area (Å²) in [6, 6.07) is 19.2. The fraction of sp³-hybridized carbons (Fsp3) is 0.125. The lowest BCUT2D eigenvalue weighted by molar-refractivity contribution is -0.136. The number of nitrogens with one attached hydrogen (secondary N) is 1. The summed E-state index contributed by atoms with van der Waals surface area (Å²) in [4.78, 5) is 10.7. The third-order valence-corrected chi connectivity index (χ3v) is 2.78. The van der Waals surface area contributed by atoms with Gasteiger partial charge in [-0.3, -0.25) is 10.2 Å². The molecule has 0 aliphatic rings. The molecule has 0 fully saturated rings. The van der Waals surface area contributed by atoms with Crippen LogP contribution in [0.15, 0.2) is 65.8 Å². The van der Waals surface area contributed by atoms with Crippen LogP contribution in [-0.2, 0) is 4.79 Å². The largest absolute Gasteiger partial charge is 0.481 e.